The van der Waals surface area contributed by atoms with Crippen LogP contribution in [0.4, 0.5) is 5.69 Å². The lowest BCUT2D eigenvalue weighted by atomic mass is 10.1. The number of fused-ring (bicyclic) bond motifs is 1. The zero-order valence-corrected chi connectivity index (χ0v) is 20.4. The highest BCUT2D eigenvalue weighted by Gasteiger charge is 2.34. The molecule has 2 unspecified atom stereocenters. The number of hydrogen-bond donors (Lipinski definition) is 2. The molecule has 1 saturated heterocycles. The topological polar surface area (TPSA) is 99.4 Å². The number of anilines is 1. The molecular weight excluding hydrogens is 541 g/mol. The molecule has 8 nitrogen and oxygen atoms in total. The summed E-state index contributed by atoms with van der Waals surface area (Å²) in [6, 6.07) is 16.3. The lowest BCUT2D eigenvalue weighted by molar-refractivity contribution is -0.290. The minimum atomic E-state index is -0.776. The second kappa shape index (κ2) is 10.9. The van der Waals surface area contributed by atoms with E-state index in [0.29, 0.717) is 21.4 Å². The molecule has 2 N–H and O–H groups in total. The highest BCUT2D eigenvalue weighted by molar-refractivity contribution is 14.1. The van der Waals surface area contributed by atoms with Crippen LogP contribution in [-0.2, 0) is 18.9 Å². The molecule has 5 atom stereocenters. The van der Waals surface area contributed by atoms with E-state index in [1.165, 1.54) is 7.11 Å². The lowest BCUT2D eigenvalue weighted by Gasteiger charge is -2.37. The van der Waals surface area contributed by atoms with Gasteiger partial charge < -0.3 is 33.8 Å². The average Bonchev–Trinajstić information content (AvgIpc) is 2.83. The number of halogens is 1. The Morgan fingerprint density at radius 2 is 2.00 bits per heavy atom. The number of aliphatic hydroxyl groups excluding tert-OH is 1. The van der Waals surface area contributed by atoms with E-state index in [1.807, 2.05) is 72.0 Å². The molecule has 176 valence electrons. The summed E-state index contributed by atoms with van der Waals surface area (Å²) in [5.74, 6) is 0. The van der Waals surface area contributed by atoms with Crippen molar-refractivity contribution < 1.29 is 28.5 Å². The quantitative estimate of drug-likeness (QED) is 0.242. The van der Waals surface area contributed by atoms with Gasteiger partial charge in [0.25, 0.3) is 0 Å². The van der Waals surface area contributed by atoms with Gasteiger partial charge in [-0.3, -0.25) is 0 Å². The maximum atomic E-state index is 11.8. The first-order valence-corrected chi connectivity index (χ1v) is 11.7. The number of rotatable bonds is 8. The van der Waals surface area contributed by atoms with Gasteiger partial charge in [0.1, 0.15) is 17.7 Å². The molecule has 0 saturated carbocycles. The largest absolute Gasteiger partial charge is 0.422 e. The molecule has 1 aliphatic rings. The summed E-state index contributed by atoms with van der Waals surface area (Å²) in [6.07, 6.45) is -1.87. The van der Waals surface area contributed by atoms with Crippen molar-refractivity contribution in [3.63, 3.8) is 0 Å². The summed E-state index contributed by atoms with van der Waals surface area (Å²) in [6.45, 7) is 1.99. The fourth-order valence-electron chi connectivity index (χ4n) is 3.65. The first kappa shape index (κ1) is 24.1. The average molecular weight is 567 g/mol. The van der Waals surface area contributed by atoms with Crippen molar-refractivity contribution in [2.24, 2.45) is 0 Å². The second-order valence-electron chi connectivity index (χ2n) is 7.76. The van der Waals surface area contributed by atoms with Crippen LogP contribution < -0.4 is 10.9 Å². The molecule has 0 spiro atoms. The zero-order valence-electron chi connectivity index (χ0n) is 18.3. The highest BCUT2D eigenvalue weighted by atomic mass is 127. The first-order valence-electron chi connectivity index (χ1n) is 10.6. The third-order valence-corrected chi connectivity index (χ3v) is 6.21. The van der Waals surface area contributed by atoms with Crippen LogP contribution in [0.5, 0.6) is 0 Å². The van der Waals surface area contributed by atoms with Crippen molar-refractivity contribution in [3.05, 3.63) is 74.2 Å². The normalized spacial score (nSPS) is 22.7. The molecule has 1 fully saturated rings. The number of methoxy groups -OCH3 is 1. The Labute approximate surface area is 204 Å². The number of ether oxygens (including phenoxy) is 4. The minimum Gasteiger partial charge on any atom is -0.422 e. The Morgan fingerprint density at radius 3 is 2.70 bits per heavy atom. The van der Waals surface area contributed by atoms with Gasteiger partial charge in [-0.25, -0.2) is 4.79 Å². The van der Waals surface area contributed by atoms with E-state index < -0.39 is 24.2 Å². The maximum Gasteiger partial charge on any atom is 0.349 e. The van der Waals surface area contributed by atoms with Crippen LogP contribution >= 0.6 is 22.6 Å². The van der Waals surface area contributed by atoms with Gasteiger partial charge in [0.15, 0.2) is 12.6 Å². The molecule has 2 heterocycles. The van der Waals surface area contributed by atoms with Crippen LogP contribution in [0.2, 0.25) is 0 Å². The molecule has 0 amide bonds. The number of nitrogens with one attached hydrogen (secondary N) is 1. The SMILES string of the molecule is CO[C@@H](OC1COC(c2ccccc2)O[C@H]1C)[C@H](CO)Nc1ccc2cc(I)c(=O)oc2c1. The van der Waals surface area contributed by atoms with Gasteiger partial charge >= 0.3 is 5.63 Å². The van der Waals surface area contributed by atoms with E-state index in [1.54, 1.807) is 12.1 Å². The van der Waals surface area contributed by atoms with Crippen LogP contribution in [0.3, 0.4) is 0 Å². The molecule has 1 aliphatic heterocycles. The summed E-state index contributed by atoms with van der Waals surface area (Å²) in [5, 5.41) is 14.0. The molecule has 0 radical (unpaired) electrons. The molecule has 9 heteroatoms. The minimum absolute atomic E-state index is 0.247. The number of hydrogen-bond acceptors (Lipinski definition) is 8. The molecular formula is C24H26INO7. The van der Waals surface area contributed by atoms with Crippen LogP contribution in [-0.4, -0.2) is 50.0 Å². The first-order chi connectivity index (χ1) is 16.0. The molecule has 1 aromatic heterocycles. The van der Waals surface area contributed by atoms with Crippen LogP contribution in [0, 0.1) is 3.57 Å². The summed E-state index contributed by atoms with van der Waals surface area (Å²) in [5.41, 5.74) is 1.66. The molecule has 0 bridgehead atoms. The van der Waals surface area contributed by atoms with Crippen molar-refractivity contribution in [3.8, 4) is 0 Å². The Hall–Kier alpha value is -2.02. The van der Waals surface area contributed by atoms with Gasteiger partial charge in [-0.05, 0) is 47.7 Å². The van der Waals surface area contributed by atoms with Crippen LogP contribution in [0.25, 0.3) is 11.0 Å². The zero-order chi connectivity index (χ0) is 23.4. The van der Waals surface area contributed by atoms with E-state index >= 15 is 0 Å². The van der Waals surface area contributed by atoms with E-state index in [4.69, 9.17) is 23.4 Å². The standard InChI is InChI=1S/C24H26INO7/c1-14-21(13-30-23(31-14)15-6-4-3-5-7-15)33-24(29-2)19(12-27)26-17-9-8-16-10-18(25)22(28)32-20(16)11-17/h3-11,14,19,21,23-24,26-27H,12-13H2,1-2H3/t14-,19-,21?,23?,24-/m0/s1. The highest BCUT2D eigenvalue weighted by Crippen LogP contribution is 2.28. The van der Waals surface area contributed by atoms with Crippen molar-refractivity contribution in [2.45, 2.75) is 37.8 Å². The molecule has 2 aromatic carbocycles. The van der Waals surface area contributed by atoms with Gasteiger partial charge in [-0.2, -0.15) is 0 Å². The second-order valence-corrected chi connectivity index (χ2v) is 8.93. The van der Waals surface area contributed by atoms with Gasteiger partial charge in [-0.1, -0.05) is 30.3 Å². The number of benzene rings is 2. The summed E-state index contributed by atoms with van der Waals surface area (Å²) in [4.78, 5) is 11.8. The summed E-state index contributed by atoms with van der Waals surface area (Å²) in [7, 11) is 1.51. The van der Waals surface area contributed by atoms with Crippen LogP contribution in [0.15, 0.2) is 63.8 Å². The predicted molar refractivity (Wildman–Crippen MR) is 131 cm³/mol. The number of aliphatic hydroxyl groups is 1. The van der Waals surface area contributed by atoms with E-state index in [0.717, 1.165) is 10.9 Å². The van der Waals surface area contributed by atoms with Gasteiger partial charge in [0, 0.05) is 29.8 Å². The Bertz CT molecular complexity index is 1120. The Morgan fingerprint density at radius 1 is 1.21 bits per heavy atom. The predicted octanol–water partition coefficient (Wildman–Crippen LogP) is 3.66. The van der Waals surface area contributed by atoms with Crippen molar-refractivity contribution in [1.82, 2.24) is 0 Å². The van der Waals surface area contributed by atoms with E-state index in [9.17, 15) is 9.90 Å². The van der Waals surface area contributed by atoms with Crippen LogP contribution in [0.1, 0.15) is 18.8 Å². The fraction of sp³-hybridized carbons (Fsp3) is 0.375. The monoisotopic (exact) mass is 567 g/mol. The smallest absolute Gasteiger partial charge is 0.349 e. The van der Waals surface area contributed by atoms with Crippen molar-refractivity contribution in [1.29, 1.82) is 0 Å². The Balaban J connectivity index is 1.42. The van der Waals surface area contributed by atoms with E-state index in [-0.39, 0.29) is 18.8 Å². The lowest BCUT2D eigenvalue weighted by Crippen LogP contribution is -2.48. The van der Waals surface area contributed by atoms with Gasteiger partial charge in [0.05, 0.1) is 22.9 Å². The van der Waals surface area contributed by atoms with Crippen molar-refractivity contribution in [2.75, 3.05) is 25.6 Å². The third-order valence-electron chi connectivity index (χ3n) is 5.46. The maximum absolute atomic E-state index is 11.8. The third kappa shape index (κ3) is 5.73. The van der Waals surface area contributed by atoms with Gasteiger partial charge in [0.2, 0.25) is 0 Å². The van der Waals surface area contributed by atoms with E-state index in [2.05, 4.69) is 5.32 Å². The fourth-order valence-corrected chi connectivity index (χ4v) is 4.10. The Kier molecular flexibility index (Phi) is 7.99. The molecule has 4 rings (SSSR count). The summed E-state index contributed by atoms with van der Waals surface area (Å²) < 4.78 is 29.4. The summed E-state index contributed by atoms with van der Waals surface area (Å²) >= 11 is 1.94. The molecule has 33 heavy (non-hydrogen) atoms. The van der Waals surface area contributed by atoms with Gasteiger partial charge in [-0.15, -0.1) is 0 Å². The molecule has 0 aliphatic carbocycles. The van der Waals surface area contributed by atoms with Crippen molar-refractivity contribution >= 4 is 39.2 Å². The molecule has 3 aromatic rings.